The monoisotopic (exact) mass is 392 g/mol. The second kappa shape index (κ2) is 7.38. The Morgan fingerprint density at radius 2 is 1.71 bits per heavy atom. The van der Waals surface area contributed by atoms with Crippen molar-refractivity contribution in [2.24, 2.45) is 0 Å². The number of halogens is 5. The number of carbonyl (C=O) groups excluding carboxylic acids is 1. The molecule has 0 aliphatic carbocycles. The third kappa shape index (κ3) is 4.59. The van der Waals surface area contributed by atoms with Gasteiger partial charge in [0.25, 0.3) is 5.91 Å². The first-order valence-corrected chi connectivity index (χ1v) is 7.58. The molecule has 24 heavy (non-hydrogen) atoms. The molecule has 9 heteroatoms. The van der Waals surface area contributed by atoms with Crippen molar-refractivity contribution in [1.29, 1.82) is 0 Å². The largest absolute Gasteiger partial charge is 0.416 e. The number of rotatable bonds is 2. The minimum atomic E-state index is -4.52. The van der Waals surface area contributed by atoms with Crippen LogP contribution in [0.15, 0.2) is 42.5 Å². The first-order valence-electron chi connectivity index (χ1n) is 6.42. The number of carbonyl (C=O) groups is 1. The highest BCUT2D eigenvalue weighted by molar-refractivity contribution is 7.80. The molecule has 2 rings (SSSR count). The van der Waals surface area contributed by atoms with E-state index in [1.54, 1.807) is 12.1 Å². The Labute approximate surface area is 150 Å². The highest BCUT2D eigenvalue weighted by Gasteiger charge is 2.31. The maximum absolute atomic E-state index is 12.7. The first-order chi connectivity index (χ1) is 11.2. The number of hydrogen-bond donors (Lipinski definition) is 2. The zero-order valence-electron chi connectivity index (χ0n) is 11.7. The van der Waals surface area contributed by atoms with Crippen molar-refractivity contribution in [3.05, 3.63) is 63.6 Å². The average molecular weight is 393 g/mol. The van der Waals surface area contributed by atoms with E-state index in [-0.39, 0.29) is 26.4 Å². The molecule has 0 aliphatic heterocycles. The molecule has 0 saturated carbocycles. The number of benzene rings is 2. The summed E-state index contributed by atoms with van der Waals surface area (Å²) in [6.07, 6.45) is -4.52. The Balaban J connectivity index is 2.13. The molecule has 0 atom stereocenters. The van der Waals surface area contributed by atoms with Gasteiger partial charge in [-0.05, 0) is 42.5 Å². The van der Waals surface area contributed by atoms with Gasteiger partial charge >= 0.3 is 6.18 Å². The lowest BCUT2D eigenvalue weighted by Crippen LogP contribution is -2.34. The summed E-state index contributed by atoms with van der Waals surface area (Å²) in [5, 5.41) is 4.83. The van der Waals surface area contributed by atoms with Gasteiger partial charge in [-0.3, -0.25) is 10.1 Å². The molecule has 0 spiro atoms. The smallest absolute Gasteiger partial charge is 0.331 e. The van der Waals surface area contributed by atoms with E-state index in [2.05, 4.69) is 10.6 Å². The molecule has 0 heterocycles. The van der Waals surface area contributed by atoms with Crippen molar-refractivity contribution in [2.75, 3.05) is 5.32 Å². The van der Waals surface area contributed by atoms with Gasteiger partial charge in [0.05, 0.1) is 26.9 Å². The Hall–Kier alpha value is -1.83. The highest BCUT2D eigenvalue weighted by Crippen LogP contribution is 2.33. The summed E-state index contributed by atoms with van der Waals surface area (Å²) in [7, 11) is 0. The normalized spacial score (nSPS) is 11.0. The van der Waals surface area contributed by atoms with E-state index in [1.165, 1.54) is 12.1 Å². The lowest BCUT2D eigenvalue weighted by Gasteiger charge is -2.14. The fraction of sp³-hybridized carbons (Fsp3) is 0.0667. The maximum atomic E-state index is 12.7. The van der Waals surface area contributed by atoms with Gasteiger partial charge in [-0.1, -0.05) is 35.3 Å². The molecule has 0 aromatic heterocycles. The third-order valence-corrected chi connectivity index (χ3v) is 3.75. The van der Waals surface area contributed by atoms with Crippen LogP contribution in [-0.2, 0) is 6.18 Å². The van der Waals surface area contributed by atoms with Gasteiger partial charge < -0.3 is 5.32 Å². The van der Waals surface area contributed by atoms with Crippen LogP contribution in [0.3, 0.4) is 0 Å². The Morgan fingerprint density at radius 1 is 1.04 bits per heavy atom. The van der Waals surface area contributed by atoms with Crippen LogP contribution in [-0.4, -0.2) is 11.0 Å². The number of hydrogen-bond acceptors (Lipinski definition) is 2. The number of thiocarbonyl (C=S) groups is 1. The fourth-order valence-electron chi connectivity index (χ4n) is 1.77. The van der Waals surface area contributed by atoms with Gasteiger partial charge in [-0.15, -0.1) is 0 Å². The van der Waals surface area contributed by atoms with E-state index >= 15 is 0 Å². The van der Waals surface area contributed by atoms with E-state index in [4.69, 9.17) is 35.4 Å². The maximum Gasteiger partial charge on any atom is 0.416 e. The van der Waals surface area contributed by atoms with Gasteiger partial charge in [0, 0.05) is 0 Å². The SMILES string of the molecule is O=C(NC(=S)Nc1cc(C(F)(F)F)ccc1Cl)c1ccccc1Cl. The van der Waals surface area contributed by atoms with Crippen LogP contribution in [0.5, 0.6) is 0 Å². The zero-order chi connectivity index (χ0) is 17.9. The molecule has 0 saturated heterocycles. The molecule has 0 aliphatic rings. The molecular weight excluding hydrogens is 384 g/mol. The third-order valence-electron chi connectivity index (χ3n) is 2.89. The molecule has 2 aromatic carbocycles. The summed E-state index contributed by atoms with van der Waals surface area (Å²) >= 11 is 16.7. The number of amides is 1. The number of anilines is 1. The molecule has 1 amide bonds. The highest BCUT2D eigenvalue weighted by atomic mass is 35.5. The van der Waals surface area contributed by atoms with Crippen molar-refractivity contribution in [3.63, 3.8) is 0 Å². The van der Waals surface area contributed by atoms with Crippen LogP contribution >= 0.6 is 35.4 Å². The molecule has 3 nitrogen and oxygen atoms in total. The quantitative estimate of drug-likeness (QED) is 0.695. The lowest BCUT2D eigenvalue weighted by atomic mass is 10.2. The Morgan fingerprint density at radius 3 is 2.33 bits per heavy atom. The first kappa shape index (κ1) is 18.5. The van der Waals surface area contributed by atoms with Crippen molar-refractivity contribution >= 4 is 52.1 Å². The van der Waals surface area contributed by atoms with E-state index < -0.39 is 17.6 Å². The van der Waals surface area contributed by atoms with Crippen LogP contribution in [0, 0.1) is 0 Å². The van der Waals surface area contributed by atoms with Crippen LogP contribution in [0.2, 0.25) is 10.0 Å². The summed E-state index contributed by atoms with van der Waals surface area (Å²) in [5.74, 6) is -0.596. The molecule has 2 N–H and O–H groups in total. The second-order valence-corrected chi connectivity index (χ2v) is 5.80. The van der Waals surface area contributed by atoms with Crippen LogP contribution in [0.4, 0.5) is 18.9 Å². The molecule has 126 valence electrons. The minimum absolute atomic E-state index is 0.0253. The fourth-order valence-corrected chi connectivity index (χ4v) is 2.36. The van der Waals surface area contributed by atoms with Crippen molar-refractivity contribution < 1.29 is 18.0 Å². The molecule has 0 unspecified atom stereocenters. The molecule has 0 fully saturated rings. The van der Waals surface area contributed by atoms with Crippen LogP contribution in [0.1, 0.15) is 15.9 Å². The minimum Gasteiger partial charge on any atom is -0.331 e. The van der Waals surface area contributed by atoms with E-state index in [9.17, 15) is 18.0 Å². The topological polar surface area (TPSA) is 41.1 Å². The van der Waals surface area contributed by atoms with Crippen LogP contribution < -0.4 is 10.6 Å². The van der Waals surface area contributed by atoms with Gasteiger partial charge in [-0.25, -0.2) is 0 Å². The van der Waals surface area contributed by atoms with Gasteiger partial charge in [0.1, 0.15) is 0 Å². The molecule has 2 aromatic rings. The van der Waals surface area contributed by atoms with Crippen LogP contribution in [0.25, 0.3) is 0 Å². The summed E-state index contributed by atoms with van der Waals surface area (Å²) in [5.41, 5.74) is -0.788. The molecular formula is C15H9Cl2F3N2OS. The predicted molar refractivity (Wildman–Crippen MR) is 91.6 cm³/mol. The van der Waals surface area contributed by atoms with Crippen molar-refractivity contribution in [1.82, 2.24) is 5.32 Å². The summed E-state index contributed by atoms with van der Waals surface area (Å²) in [6, 6.07) is 9.01. The Kier molecular flexibility index (Phi) is 5.69. The van der Waals surface area contributed by atoms with Crippen molar-refractivity contribution in [3.8, 4) is 0 Å². The summed E-state index contributed by atoms with van der Waals surface area (Å²) < 4.78 is 38.2. The summed E-state index contributed by atoms with van der Waals surface area (Å²) in [4.78, 5) is 12.0. The number of nitrogens with one attached hydrogen (secondary N) is 2. The van der Waals surface area contributed by atoms with E-state index in [0.717, 1.165) is 18.2 Å². The average Bonchev–Trinajstić information content (AvgIpc) is 2.48. The lowest BCUT2D eigenvalue weighted by molar-refractivity contribution is -0.137. The van der Waals surface area contributed by atoms with Gasteiger partial charge in [-0.2, -0.15) is 13.2 Å². The van der Waals surface area contributed by atoms with E-state index in [0.29, 0.717) is 0 Å². The van der Waals surface area contributed by atoms with Crippen molar-refractivity contribution in [2.45, 2.75) is 6.18 Å². The van der Waals surface area contributed by atoms with E-state index in [1.807, 2.05) is 0 Å². The molecule has 0 radical (unpaired) electrons. The second-order valence-electron chi connectivity index (χ2n) is 4.58. The summed E-state index contributed by atoms with van der Waals surface area (Å²) in [6.45, 7) is 0. The number of alkyl halides is 3. The van der Waals surface area contributed by atoms with Gasteiger partial charge in [0.15, 0.2) is 5.11 Å². The Bertz CT molecular complexity index is 797. The van der Waals surface area contributed by atoms with Gasteiger partial charge in [0.2, 0.25) is 0 Å². The molecule has 0 bridgehead atoms. The predicted octanol–water partition coefficient (Wildman–Crippen LogP) is 5.14. The zero-order valence-corrected chi connectivity index (χ0v) is 14.1. The standard InChI is InChI=1S/C15H9Cl2F3N2OS/c16-10-4-2-1-3-9(10)13(23)22-14(24)21-12-7-8(15(18,19)20)5-6-11(12)17/h1-7H,(H2,21,22,23,24).